The highest BCUT2D eigenvalue weighted by Crippen LogP contribution is 2.04. The molecule has 3 heteroatoms. The van der Waals surface area contributed by atoms with Crippen LogP contribution in [0.1, 0.15) is 13.8 Å². The Morgan fingerprint density at radius 2 is 2.18 bits per heavy atom. The molecular weight excluding hydrogens is 140 g/mol. The number of methoxy groups -OCH3 is 1. The molecule has 2 atom stereocenters. The number of hydrogen-bond acceptors (Lipinski definition) is 3. The Bertz CT molecular complexity index is 117. The minimum Gasteiger partial charge on any atom is -0.378 e. The van der Waals surface area contributed by atoms with Gasteiger partial charge in [-0.15, -0.1) is 0 Å². The van der Waals surface area contributed by atoms with Crippen LogP contribution in [-0.2, 0) is 4.74 Å². The van der Waals surface area contributed by atoms with E-state index in [1.165, 1.54) is 0 Å². The predicted octanol–water partition coefficient (Wildman–Crippen LogP) is -0.0288. The maximum atomic E-state index is 5.30. The van der Waals surface area contributed by atoms with E-state index >= 15 is 0 Å². The first kappa shape index (κ1) is 8.97. The summed E-state index contributed by atoms with van der Waals surface area (Å²) in [5.41, 5.74) is 0. The van der Waals surface area contributed by atoms with Gasteiger partial charge in [0.1, 0.15) is 0 Å². The molecular formula is C8H18N2O. The van der Waals surface area contributed by atoms with Crippen LogP contribution < -0.4 is 10.6 Å². The average molecular weight is 158 g/mol. The molecule has 0 aromatic heterocycles. The predicted molar refractivity (Wildman–Crippen MR) is 45.7 cm³/mol. The first-order valence-electron chi connectivity index (χ1n) is 4.23. The topological polar surface area (TPSA) is 33.3 Å². The van der Waals surface area contributed by atoms with E-state index in [-0.39, 0.29) is 0 Å². The van der Waals surface area contributed by atoms with Gasteiger partial charge in [0, 0.05) is 32.3 Å². The average Bonchev–Trinajstić information content (AvgIpc) is 2.34. The molecule has 11 heavy (non-hydrogen) atoms. The van der Waals surface area contributed by atoms with Crippen LogP contribution in [0.25, 0.3) is 0 Å². The Hall–Kier alpha value is -0.120. The van der Waals surface area contributed by atoms with E-state index in [0.29, 0.717) is 18.2 Å². The Balaban J connectivity index is 2.31. The van der Waals surface area contributed by atoms with Crippen molar-refractivity contribution in [3.05, 3.63) is 0 Å². The fraction of sp³-hybridized carbons (Fsp3) is 1.00. The molecule has 1 aliphatic heterocycles. The number of nitrogens with one attached hydrogen (secondary N) is 2. The van der Waals surface area contributed by atoms with E-state index in [4.69, 9.17) is 4.74 Å². The zero-order chi connectivity index (χ0) is 8.27. The summed E-state index contributed by atoms with van der Waals surface area (Å²) >= 11 is 0. The summed E-state index contributed by atoms with van der Waals surface area (Å²) in [6, 6.07) is 1.03. The van der Waals surface area contributed by atoms with Crippen molar-refractivity contribution in [3.63, 3.8) is 0 Å². The van der Waals surface area contributed by atoms with Gasteiger partial charge in [-0.2, -0.15) is 0 Å². The lowest BCUT2D eigenvalue weighted by molar-refractivity contribution is 0.0938. The molecule has 0 aromatic rings. The maximum absolute atomic E-state index is 5.30. The van der Waals surface area contributed by atoms with Gasteiger partial charge < -0.3 is 15.4 Å². The van der Waals surface area contributed by atoms with Crippen molar-refractivity contribution in [1.29, 1.82) is 0 Å². The minimum atomic E-state index is 0.345. The van der Waals surface area contributed by atoms with Crippen LogP contribution in [0.4, 0.5) is 0 Å². The van der Waals surface area contributed by atoms with Crippen molar-refractivity contribution in [2.45, 2.75) is 32.0 Å². The molecule has 2 N–H and O–H groups in total. The Labute approximate surface area is 68.5 Å². The summed E-state index contributed by atoms with van der Waals surface area (Å²) in [6.45, 7) is 6.31. The largest absolute Gasteiger partial charge is 0.378 e. The quantitative estimate of drug-likeness (QED) is 0.605. The van der Waals surface area contributed by atoms with Crippen molar-refractivity contribution in [1.82, 2.24) is 10.6 Å². The highest BCUT2D eigenvalue weighted by atomic mass is 16.5. The summed E-state index contributed by atoms with van der Waals surface area (Å²) in [5, 5.41) is 6.75. The van der Waals surface area contributed by atoms with Crippen LogP contribution >= 0.6 is 0 Å². The highest BCUT2D eigenvalue weighted by molar-refractivity contribution is 4.88. The molecule has 0 amide bonds. The summed E-state index contributed by atoms with van der Waals surface area (Å²) in [7, 11) is 1.77. The molecule has 0 radical (unpaired) electrons. The van der Waals surface area contributed by atoms with Gasteiger partial charge in [0.25, 0.3) is 0 Å². The zero-order valence-electron chi connectivity index (χ0n) is 7.55. The molecule has 0 saturated carbocycles. The molecule has 1 rings (SSSR count). The van der Waals surface area contributed by atoms with E-state index in [2.05, 4.69) is 24.5 Å². The first-order chi connectivity index (χ1) is 5.24. The number of ether oxygens (including phenoxy) is 1. The molecule has 1 fully saturated rings. The second-order valence-electron chi connectivity index (χ2n) is 3.36. The van der Waals surface area contributed by atoms with Crippen molar-refractivity contribution in [3.8, 4) is 0 Å². The molecule has 1 aliphatic rings. The fourth-order valence-electron chi connectivity index (χ4n) is 1.50. The van der Waals surface area contributed by atoms with E-state index < -0.39 is 0 Å². The normalized spacial score (nSPS) is 31.6. The molecule has 0 aliphatic carbocycles. The SMILES string of the molecule is CO[C@@H]1CNC[C@@H]1NC(C)C. The van der Waals surface area contributed by atoms with E-state index in [1.54, 1.807) is 7.11 Å². The highest BCUT2D eigenvalue weighted by Gasteiger charge is 2.26. The Morgan fingerprint density at radius 3 is 2.73 bits per heavy atom. The third kappa shape index (κ3) is 2.43. The summed E-state index contributed by atoms with van der Waals surface area (Å²) in [4.78, 5) is 0. The molecule has 66 valence electrons. The van der Waals surface area contributed by atoms with Gasteiger partial charge in [-0.1, -0.05) is 13.8 Å². The van der Waals surface area contributed by atoms with Gasteiger partial charge in [-0.05, 0) is 0 Å². The van der Waals surface area contributed by atoms with E-state index in [9.17, 15) is 0 Å². The maximum Gasteiger partial charge on any atom is 0.0860 e. The molecule has 0 bridgehead atoms. The Kier molecular flexibility index (Phi) is 3.30. The summed E-state index contributed by atoms with van der Waals surface area (Å²) < 4.78 is 5.30. The summed E-state index contributed by atoms with van der Waals surface area (Å²) in [6.07, 6.45) is 0.345. The smallest absolute Gasteiger partial charge is 0.0860 e. The van der Waals surface area contributed by atoms with E-state index in [0.717, 1.165) is 13.1 Å². The second-order valence-corrected chi connectivity index (χ2v) is 3.36. The van der Waals surface area contributed by atoms with Crippen LogP contribution in [0, 0.1) is 0 Å². The lowest BCUT2D eigenvalue weighted by atomic mass is 10.2. The van der Waals surface area contributed by atoms with Crippen molar-refractivity contribution < 1.29 is 4.74 Å². The molecule has 0 spiro atoms. The van der Waals surface area contributed by atoms with Gasteiger partial charge >= 0.3 is 0 Å². The van der Waals surface area contributed by atoms with Crippen molar-refractivity contribution >= 4 is 0 Å². The molecule has 1 heterocycles. The molecule has 0 aromatic carbocycles. The van der Waals surface area contributed by atoms with Gasteiger partial charge in [-0.25, -0.2) is 0 Å². The Morgan fingerprint density at radius 1 is 1.45 bits per heavy atom. The van der Waals surface area contributed by atoms with Crippen LogP contribution in [0.3, 0.4) is 0 Å². The molecule has 1 saturated heterocycles. The van der Waals surface area contributed by atoms with Gasteiger partial charge in [-0.3, -0.25) is 0 Å². The van der Waals surface area contributed by atoms with Gasteiger partial charge in [0.2, 0.25) is 0 Å². The van der Waals surface area contributed by atoms with Crippen LogP contribution in [0.15, 0.2) is 0 Å². The number of rotatable bonds is 3. The molecule has 0 unspecified atom stereocenters. The second kappa shape index (κ2) is 4.04. The molecule has 3 nitrogen and oxygen atoms in total. The first-order valence-corrected chi connectivity index (χ1v) is 4.23. The third-order valence-corrected chi connectivity index (χ3v) is 2.01. The van der Waals surface area contributed by atoms with Crippen molar-refractivity contribution in [2.24, 2.45) is 0 Å². The fourth-order valence-corrected chi connectivity index (χ4v) is 1.50. The third-order valence-electron chi connectivity index (χ3n) is 2.01. The standard InChI is InChI=1S/C8H18N2O/c1-6(2)10-7-4-9-5-8(7)11-3/h6-10H,4-5H2,1-3H3/t7-,8+/m0/s1. The van der Waals surface area contributed by atoms with Gasteiger partial charge in [0.15, 0.2) is 0 Å². The van der Waals surface area contributed by atoms with E-state index in [1.807, 2.05) is 0 Å². The summed E-state index contributed by atoms with van der Waals surface area (Å²) in [5.74, 6) is 0. The van der Waals surface area contributed by atoms with Crippen molar-refractivity contribution in [2.75, 3.05) is 20.2 Å². The minimum absolute atomic E-state index is 0.345. The monoisotopic (exact) mass is 158 g/mol. The van der Waals surface area contributed by atoms with Crippen LogP contribution in [0.2, 0.25) is 0 Å². The number of hydrogen-bond donors (Lipinski definition) is 2. The lowest BCUT2D eigenvalue weighted by Crippen LogP contribution is -2.43. The zero-order valence-corrected chi connectivity index (χ0v) is 7.55. The lowest BCUT2D eigenvalue weighted by Gasteiger charge is -2.20. The van der Waals surface area contributed by atoms with Crippen LogP contribution in [-0.4, -0.2) is 38.4 Å². The van der Waals surface area contributed by atoms with Gasteiger partial charge in [0.05, 0.1) is 6.10 Å². The van der Waals surface area contributed by atoms with Crippen LogP contribution in [0.5, 0.6) is 0 Å².